The van der Waals surface area contributed by atoms with Gasteiger partial charge in [-0.15, -0.1) is 0 Å². The van der Waals surface area contributed by atoms with Crippen LogP contribution in [0.2, 0.25) is 5.15 Å². The summed E-state index contributed by atoms with van der Waals surface area (Å²) in [5, 5.41) is 4.15. The van der Waals surface area contributed by atoms with Crippen LogP contribution in [0.5, 0.6) is 0 Å². The highest BCUT2D eigenvalue weighted by Gasteiger charge is 2.20. The first-order valence-electron chi connectivity index (χ1n) is 6.91. The van der Waals surface area contributed by atoms with Crippen molar-refractivity contribution in [3.63, 3.8) is 0 Å². The molecule has 8 heteroatoms. The van der Waals surface area contributed by atoms with Crippen LogP contribution >= 0.6 is 22.9 Å². The number of likely N-dealkylation sites (N-methyl/N-ethyl adjacent to an activating group) is 1. The topological polar surface area (TPSA) is 57.7 Å². The number of thiazole rings is 1. The van der Waals surface area contributed by atoms with E-state index < -0.39 is 5.97 Å². The highest BCUT2D eigenvalue weighted by molar-refractivity contribution is 7.18. The molecule has 1 aliphatic rings. The van der Waals surface area contributed by atoms with Crippen molar-refractivity contribution in [1.29, 1.82) is 0 Å². The van der Waals surface area contributed by atoms with Gasteiger partial charge in [-0.3, -0.25) is 4.90 Å². The number of rotatable bonds is 5. The largest absolute Gasteiger partial charge is 0.465 e. The van der Waals surface area contributed by atoms with Gasteiger partial charge >= 0.3 is 5.97 Å². The molecule has 1 fully saturated rings. The molecule has 1 aromatic heterocycles. The van der Waals surface area contributed by atoms with Crippen LogP contribution in [0.15, 0.2) is 0 Å². The highest BCUT2D eigenvalue weighted by atomic mass is 35.5. The smallest absolute Gasteiger partial charge is 0.351 e. The third-order valence-electron chi connectivity index (χ3n) is 3.45. The summed E-state index contributed by atoms with van der Waals surface area (Å²) < 4.78 is 4.67. The molecule has 1 aromatic rings. The van der Waals surface area contributed by atoms with Crippen molar-refractivity contribution < 1.29 is 9.53 Å². The number of piperazine rings is 1. The fourth-order valence-corrected chi connectivity index (χ4v) is 3.47. The van der Waals surface area contributed by atoms with Crippen LogP contribution in [0.1, 0.15) is 16.6 Å². The van der Waals surface area contributed by atoms with Crippen molar-refractivity contribution >= 4 is 34.0 Å². The number of nitrogens with one attached hydrogen (secondary N) is 1. The standard InChI is InChI=1S/C13H21ClN4O2S/c1-9(8-18-6-4-17(2)5-7-18)15-13-16-11(14)10(21-13)12(19)20-3/h9H,4-8H2,1-3H3,(H,15,16). The molecule has 1 aliphatic heterocycles. The maximum Gasteiger partial charge on any atom is 0.351 e. The molecule has 6 nitrogen and oxygen atoms in total. The molecule has 0 saturated carbocycles. The second-order valence-electron chi connectivity index (χ2n) is 5.28. The minimum absolute atomic E-state index is 0.196. The zero-order valence-electron chi connectivity index (χ0n) is 12.6. The summed E-state index contributed by atoms with van der Waals surface area (Å²) in [6.07, 6.45) is 0. The average molecular weight is 333 g/mol. The third kappa shape index (κ3) is 4.54. The van der Waals surface area contributed by atoms with Gasteiger partial charge in [0.2, 0.25) is 0 Å². The minimum Gasteiger partial charge on any atom is -0.465 e. The van der Waals surface area contributed by atoms with Crippen molar-refractivity contribution in [3.05, 3.63) is 10.0 Å². The maximum absolute atomic E-state index is 11.5. The molecule has 0 radical (unpaired) electrons. The highest BCUT2D eigenvalue weighted by Crippen LogP contribution is 2.27. The van der Waals surface area contributed by atoms with E-state index in [9.17, 15) is 4.79 Å². The van der Waals surface area contributed by atoms with Gasteiger partial charge in [0.05, 0.1) is 7.11 Å². The van der Waals surface area contributed by atoms with E-state index in [0.717, 1.165) is 32.7 Å². The predicted octanol–water partition coefficient (Wildman–Crippen LogP) is 1.63. The summed E-state index contributed by atoms with van der Waals surface area (Å²) in [7, 11) is 3.48. The Balaban J connectivity index is 1.88. The molecule has 0 aliphatic carbocycles. The number of methoxy groups -OCH3 is 1. The first-order chi connectivity index (χ1) is 9.99. The van der Waals surface area contributed by atoms with Crippen LogP contribution < -0.4 is 5.32 Å². The normalized spacial score (nSPS) is 18.5. The van der Waals surface area contributed by atoms with Crippen molar-refractivity contribution in [1.82, 2.24) is 14.8 Å². The van der Waals surface area contributed by atoms with Crippen LogP contribution in [0.4, 0.5) is 5.13 Å². The van der Waals surface area contributed by atoms with Crippen molar-refractivity contribution in [2.45, 2.75) is 13.0 Å². The molecule has 21 heavy (non-hydrogen) atoms. The Labute approximate surface area is 134 Å². The summed E-state index contributed by atoms with van der Waals surface area (Å²) in [6.45, 7) is 7.40. The molecule has 0 bridgehead atoms. The number of esters is 1. The molecule has 1 saturated heterocycles. The lowest BCUT2D eigenvalue weighted by Crippen LogP contribution is -2.47. The summed E-state index contributed by atoms with van der Waals surface area (Å²) in [6, 6.07) is 0.237. The molecule has 118 valence electrons. The molecule has 0 amide bonds. The van der Waals surface area contributed by atoms with Crippen molar-refractivity contribution in [2.24, 2.45) is 0 Å². The Bertz CT molecular complexity index is 489. The molecule has 2 heterocycles. The Hall–Kier alpha value is -0.890. The summed E-state index contributed by atoms with van der Waals surface area (Å²) in [5.41, 5.74) is 0. The fraction of sp³-hybridized carbons (Fsp3) is 0.692. The number of nitrogens with zero attached hydrogens (tertiary/aromatic N) is 3. The average Bonchev–Trinajstić information content (AvgIpc) is 2.81. The van der Waals surface area contributed by atoms with Crippen LogP contribution in [-0.2, 0) is 4.74 Å². The van der Waals surface area contributed by atoms with E-state index in [1.165, 1.54) is 18.4 Å². The van der Waals surface area contributed by atoms with E-state index in [1.807, 2.05) is 0 Å². The van der Waals surface area contributed by atoms with Crippen molar-refractivity contribution in [2.75, 3.05) is 52.2 Å². The molecule has 2 rings (SSSR count). The fourth-order valence-electron chi connectivity index (χ4n) is 2.26. The summed E-state index contributed by atoms with van der Waals surface area (Å²) >= 11 is 7.18. The van der Waals surface area contributed by atoms with Crippen molar-refractivity contribution in [3.8, 4) is 0 Å². The van der Waals surface area contributed by atoms with Gasteiger partial charge in [-0.05, 0) is 14.0 Å². The number of hydrogen-bond acceptors (Lipinski definition) is 7. The Morgan fingerprint density at radius 3 is 2.76 bits per heavy atom. The Kier molecular flexibility index (Phi) is 5.80. The zero-order valence-corrected chi connectivity index (χ0v) is 14.1. The number of halogens is 1. The van der Waals surface area contributed by atoms with E-state index in [2.05, 4.69) is 38.8 Å². The van der Waals surface area contributed by atoms with E-state index >= 15 is 0 Å². The lowest BCUT2D eigenvalue weighted by molar-refractivity contribution is 0.0606. The van der Waals surface area contributed by atoms with E-state index in [1.54, 1.807) is 0 Å². The predicted molar refractivity (Wildman–Crippen MR) is 85.5 cm³/mol. The molecule has 1 unspecified atom stereocenters. The molecule has 1 N–H and O–H groups in total. The van der Waals surface area contributed by atoms with E-state index in [-0.39, 0.29) is 11.2 Å². The van der Waals surface area contributed by atoms with Gasteiger partial charge in [-0.25, -0.2) is 9.78 Å². The summed E-state index contributed by atoms with van der Waals surface area (Å²) in [5.74, 6) is -0.447. The SMILES string of the molecule is COC(=O)c1sc(NC(C)CN2CCN(C)CC2)nc1Cl. The summed E-state index contributed by atoms with van der Waals surface area (Å²) in [4.78, 5) is 20.8. The molecular weight excluding hydrogens is 312 g/mol. The first kappa shape index (κ1) is 16.5. The van der Waals surface area contributed by atoms with Gasteiger partial charge in [0.15, 0.2) is 15.2 Å². The van der Waals surface area contributed by atoms with E-state index in [0.29, 0.717) is 10.0 Å². The Morgan fingerprint density at radius 2 is 2.14 bits per heavy atom. The monoisotopic (exact) mass is 332 g/mol. The van der Waals surface area contributed by atoms with Gasteiger partial charge in [0.25, 0.3) is 0 Å². The maximum atomic E-state index is 11.5. The molecule has 0 aromatic carbocycles. The van der Waals surface area contributed by atoms with Gasteiger partial charge in [0, 0.05) is 38.8 Å². The lowest BCUT2D eigenvalue weighted by Gasteiger charge is -2.34. The van der Waals surface area contributed by atoms with Gasteiger partial charge in [0.1, 0.15) is 0 Å². The second-order valence-corrected chi connectivity index (χ2v) is 6.64. The Morgan fingerprint density at radius 1 is 1.48 bits per heavy atom. The first-order valence-corrected chi connectivity index (χ1v) is 8.11. The van der Waals surface area contributed by atoms with Crippen LogP contribution in [0, 0.1) is 0 Å². The minimum atomic E-state index is -0.447. The van der Waals surface area contributed by atoms with Crippen LogP contribution in [0.3, 0.4) is 0 Å². The number of carbonyl (C=O) groups excluding carboxylic acids is 1. The van der Waals surface area contributed by atoms with Crippen LogP contribution in [-0.4, -0.2) is 73.7 Å². The number of aromatic nitrogens is 1. The zero-order chi connectivity index (χ0) is 15.4. The number of hydrogen-bond donors (Lipinski definition) is 1. The van der Waals surface area contributed by atoms with Gasteiger partial charge in [-0.1, -0.05) is 22.9 Å². The molecule has 0 spiro atoms. The molecule has 1 atom stereocenters. The van der Waals surface area contributed by atoms with E-state index in [4.69, 9.17) is 11.6 Å². The lowest BCUT2D eigenvalue weighted by atomic mass is 10.2. The number of carbonyl (C=O) groups is 1. The van der Waals surface area contributed by atoms with Gasteiger partial charge in [-0.2, -0.15) is 0 Å². The van der Waals surface area contributed by atoms with Gasteiger partial charge < -0.3 is 15.0 Å². The number of ether oxygens (including phenoxy) is 1. The third-order valence-corrected chi connectivity index (χ3v) is 4.81. The van der Waals surface area contributed by atoms with Crippen LogP contribution in [0.25, 0.3) is 0 Å². The quantitative estimate of drug-likeness (QED) is 0.827. The molecular formula is C13H21ClN4O2S. The number of anilines is 1. The second kappa shape index (κ2) is 7.40.